The highest BCUT2D eigenvalue weighted by Gasteiger charge is 2.31. The second kappa shape index (κ2) is 8.05. The number of hydrogen-bond acceptors (Lipinski definition) is 6. The molecule has 3 aromatic rings. The molecule has 156 valence electrons. The first kappa shape index (κ1) is 20.9. The summed E-state index contributed by atoms with van der Waals surface area (Å²) in [6.45, 7) is 7.63. The zero-order valence-electron chi connectivity index (χ0n) is 17.9. The number of thiophene rings is 1. The lowest BCUT2D eigenvalue weighted by atomic mass is 9.97. The SMILES string of the molecule is C#CCC(=O)c1ccc(C2=N[C@@H](CC(C)=O)c3nnc(C)n3-c3sc(C)c(C)c32)cc1. The topological polar surface area (TPSA) is 77.2 Å². The van der Waals surface area contributed by atoms with Crippen LogP contribution >= 0.6 is 11.3 Å². The van der Waals surface area contributed by atoms with Crippen molar-refractivity contribution in [3.05, 3.63) is 63.0 Å². The minimum atomic E-state index is -0.434. The van der Waals surface area contributed by atoms with Gasteiger partial charge in [0.25, 0.3) is 0 Å². The van der Waals surface area contributed by atoms with Gasteiger partial charge in [-0.15, -0.1) is 28.0 Å². The highest BCUT2D eigenvalue weighted by Crippen LogP contribution is 2.39. The molecular weight excluding hydrogens is 408 g/mol. The molecule has 0 spiro atoms. The smallest absolute Gasteiger partial charge is 0.174 e. The predicted octanol–water partition coefficient (Wildman–Crippen LogP) is 4.33. The number of ketones is 2. The van der Waals surface area contributed by atoms with Gasteiger partial charge in [0.15, 0.2) is 11.6 Å². The monoisotopic (exact) mass is 430 g/mol. The van der Waals surface area contributed by atoms with Gasteiger partial charge >= 0.3 is 0 Å². The third-order valence-electron chi connectivity index (χ3n) is 5.46. The van der Waals surface area contributed by atoms with E-state index >= 15 is 0 Å². The Hall–Kier alpha value is -3.37. The first-order chi connectivity index (χ1) is 14.8. The van der Waals surface area contributed by atoms with E-state index in [2.05, 4.69) is 30.0 Å². The molecule has 1 atom stereocenters. The Morgan fingerprint density at radius 2 is 1.87 bits per heavy atom. The van der Waals surface area contributed by atoms with Crippen molar-refractivity contribution >= 4 is 28.6 Å². The first-order valence-electron chi connectivity index (χ1n) is 9.98. The molecule has 0 saturated heterocycles. The third-order valence-corrected chi connectivity index (χ3v) is 6.66. The summed E-state index contributed by atoms with van der Waals surface area (Å²) < 4.78 is 2.02. The van der Waals surface area contributed by atoms with Gasteiger partial charge in [0.1, 0.15) is 22.7 Å². The highest BCUT2D eigenvalue weighted by atomic mass is 32.1. The number of fused-ring (bicyclic) bond motifs is 3. The number of rotatable bonds is 5. The maximum Gasteiger partial charge on any atom is 0.174 e. The van der Waals surface area contributed by atoms with E-state index < -0.39 is 6.04 Å². The zero-order valence-corrected chi connectivity index (χ0v) is 18.7. The zero-order chi connectivity index (χ0) is 22.3. The van der Waals surface area contributed by atoms with Gasteiger partial charge in [0.2, 0.25) is 0 Å². The summed E-state index contributed by atoms with van der Waals surface area (Å²) in [5.74, 6) is 3.78. The molecule has 0 radical (unpaired) electrons. The van der Waals surface area contributed by atoms with Gasteiger partial charge in [-0.1, -0.05) is 30.2 Å². The van der Waals surface area contributed by atoms with Crippen LogP contribution in [0.3, 0.4) is 0 Å². The number of terminal acetylenes is 1. The van der Waals surface area contributed by atoms with E-state index in [9.17, 15) is 9.59 Å². The quantitative estimate of drug-likeness (QED) is 0.446. The molecule has 3 heterocycles. The number of aliphatic imine (C=N–C) groups is 1. The van der Waals surface area contributed by atoms with E-state index in [1.54, 1.807) is 30.4 Å². The van der Waals surface area contributed by atoms with E-state index in [1.165, 1.54) is 4.88 Å². The molecule has 0 saturated carbocycles. The molecule has 0 bridgehead atoms. The number of nitrogens with zero attached hydrogens (tertiary/aromatic N) is 4. The maximum atomic E-state index is 12.1. The van der Waals surface area contributed by atoms with Crippen LogP contribution in [0, 0.1) is 33.1 Å². The molecule has 0 fully saturated rings. The fourth-order valence-electron chi connectivity index (χ4n) is 3.81. The normalized spacial score (nSPS) is 14.8. The van der Waals surface area contributed by atoms with Crippen LogP contribution in [-0.4, -0.2) is 32.0 Å². The number of aryl methyl sites for hydroxylation is 2. The Labute approximate surface area is 185 Å². The number of aromatic nitrogens is 3. The van der Waals surface area contributed by atoms with Crippen molar-refractivity contribution < 1.29 is 9.59 Å². The van der Waals surface area contributed by atoms with Crippen LogP contribution in [0.15, 0.2) is 29.3 Å². The lowest BCUT2D eigenvalue weighted by Gasteiger charge is -2.11. The molecule has 1 aromatic carbocycles. The van der Waals surface area contributed by atoms with E-state index in [4.69, 9.17) is 11.4 Å². The molecule has 1 aliphatic rings. The van der Waals surface area contributed by atoms with Gasteiger partial charge in [-0.2, -0.15) is 0 Å². The Bertz CT molecular complexity index is 1270. The van der Waals surface area contributed by atoms with Crippen molar-refractivity contribution in [1.29, 1.82) is 0 Å². The maximum absolute atomic E-state index is 12.1. The second-order valence-electron chi connectivity index (χ2n) is 7.69. The Morgan fingerprint density at radius 1 is 1.16 bits per heavy atom. The summed E-state index contributed by atoms with van der Waals surface area (Å²) in [5.41, 5.74) is 4.39. The van der Waals surface area contributed by atoms with Gasteiger partial charge < -0.3 is 0 Å². The summed E-state index contributed by atoms with van der Waals surface area (Å²) in [6, 6.07) is 6.91. The lowest BCUT2D eigenvalue weighted by molar-refractivity contribution is -0.117. The van der Waals surface area contributed by atoms with Crippen LogP contribution in [0.1, 0.15) is 69.4 Å². The number of Topliss-reactive ketones (excluding diaryl/α,β-unsaturated/α-hetero) is 2. The van der Waals surface area contributed by atoms with Crippen LogP contribution in [0.2, 0.25) is 0 Å². The molecule has 6 nitrogen and oxygen atoms in total. The molecule has 31 heavy (non-hydrogen) atoms. The molecule has 0 N–H and O–H groups in total. The molecule has 0 unspecified atom stereocenters. The molecule has 0 aliphatic carbocycles. The Morgan fingerprint density at radius 3 is 2.52 bits per heavy atom. The Kier molecular flexibility index (Phi) is 5.42. The van der Waals surface area contributed by atoms with E-state index in [1.807, 2.05) is 23.6 Å². The number of carbonyl (C=O) groups excluding carboxylic acids is 2. The van der Waals surface area contributed by atoms with Crippen molar-refractivity contribution in [2.45, 2.75) is 46.6 Å². The minimum absolute atomic E-state index is 0.0358. The second-order valence-corrected chi connectivity index (χ2v) is 8.89. The molecule has 7 heteroatoms. The van der Waals surface area contributed by atoms with Crippen LogP contribution in [0.5, 0.6) is 0 Å². The molecule has 4 rings (SSSR count). The average molecular weight is 431 g/mol. The van der Waals surface area contributed by atoms with Gasteiger partial charge in [0.05, 0.1) is 12.1 Å². The summed E-state index contributed by atoms with van der Waals surface area (Å²) in [4.78, 5) is 30.4. The van der Waals surface area contributed by atoms with Crippen LogP contribution in [-0.2, 0) is 4.79 Å². The van der Waals surface area contributed by atoms with Crippen LogP contribution < -0.4 is 0 Å². The fourth-order valence-corrected chi connectivity index (χ4v) is 5.02. The number of hydrogen-bond donors (Lipinski definition) is 0. The van der Waals surface area contributed by atoms with Crippen molar-refractivity contribution in [1.82, 2.24) is 14.8 Å². The number of benzene rings is 1. The Balaban J connectivity index is 1.92. The third kappa shape index (κ3) is 3.64. The molecule has 0 amide bonds. The standard InChI is InChI=1S/C24H22N4O2S/c1-6-7-20(30)17-8-10-18(11-9-17)22-21-14(3)15(4)31-24(21)28-16(5)26-27-23(28)19(25-22)12-13(2)29/h1,8-11,19H,7,12H2,2-5H3/t19-/m0/s1. The van der Waals surface area contributed by atoms with Crippen molar-refractivity contribution in [3.63, 3.8) is 0 Å². The van der Waals surface area contributed by atoms with Crippen molar-refractivity contribution in [3.8, 4) is 17.3 Å². The molecule has 2 aromatic heterocycles. The summed E-state index contributed by atoms with van der Waals surface area (Å²) in [7, 11) is 0. The van der Waals surface area contributed by atoms with Gasteiger partial charge in [-0.25, -0.2) is 0 Å². The van der Waals surface area contributed by atoms with Gasteiger partial charge in [-0.05, 0) is 33.3 Å². The molecule has 1 aliphatic heterocycles. The lowest BCUT2D eigenvalue weighted by Crippen LogP contribution is -2.09. The van der Waals surface area contributed by atoms with Crippen LogP contribution in [0.4, 0.5) is 0 Å². The number of carbonyl (C=O) groups is 2. The van der Waals surface area contributed by atoms with Crippen molar-refractivity contribution in [2.75, 3.05) is 0 Å². The molecular formula is C24H22N4O2S. The highest BCUT2D eigenvalue weighted by molar-refractivity contribution is 7.15. The first-order valence-corrected chi connectivity index (χ1v) is 10.8. The van der Waals surface area contributed by atoms with E-state index in [0.29, 0.717) is 11.4 Å². The van der Waals surface area contributed by atoms with E-state index in [0.717, 1.165) is 33.2 Å². The predicted molar refractivity (Wildman–Crippen MR) is 121 cm³/mol. The average Bonchev–Trinajstić information content (AvgIpc) is 3.20. The summed E-state index contributed by atoms with van der Waals surface area (Å²) >= 11 is 1.67. The largest absolute Gasteiger partial charge is 0.300 e. The van der Waals surface area contributed by atoms with Gasteiger partial charge in [-0.3, -0.25) is 19.1 Å². The minimum Gasteiger partial charge on any atom is -0.300 e. The van der Waals surface area contributed by atoms with Crippen LogP contribution in [0.25, 0.3) is 5.00 Å². The van der Waals surface area contributed by atoms with E-state index in [-0.39, 0.29) is 24.4 Å². The van der Waals surface area contributed by atoms with Crippen molar-refractivity contribution in [2.24, 2.45) is 4.99 Å². The van der Waals surface area contributed by atoms with Gasteiger partial charge in [0, 0.05) is 28.0 Å². The fraction of sp³-hybridized carbons (Fsp3) is 0.292. The summed E-state index contributed by atoms with van der Waals surface area (Å²) in [5, 5.41) is 9.64. The summed E-state index contributed by atoms with van der Waals surface area (Å²) in [6.07, 6.45) is 5.59.